The molecule has 174 valence electrons. The summed E-state index contributed by atoms with van der Waals surface area (Å²) >= 11 is 1.28. The molecule has 0 radical (unpaired) electrons. The largest absolute Gasteiger partial charge is 0.490 e. The third-order valence-electron chi connectivity index (χ3n) is 5.29. The molecule has 7 nitrogen and oxygen atoms in total. The summed E-state index contributed by atoms with van der Waals surface area (Å²) in [6, 6.07) is 25.0. The fraction of sp³-hybridized carbons (Fsp3) is 0.111. The zero-order chi connectivity index (χ0) is 24.2. The maximum absolute atomic E-state index is 12.8. The van der Waals surface area contributed by atoms with Crippen LogP contribution in [0.4, 0.5) is 0 Å². The van der Waals surface area contributed by atoms with E-state index in [1.807, 2.05) is 79.7 Å². The van der Waals surface area contributed by atoms with Crippen LogP contribution in [0.5, 0.6) is 11.5 Å². The number of benzene rings is 3. The number of nitrogens with one attached hydrogen (secondary N) is 1. The van der Waals surface area contributed by atoms with Gasteiger partial charge in [-0.25, -0.2) is 0 Å². The van der Waals surface area contributed by atoms with E-state index in [1.165, 1.54) is 16.8 Å². The molecule has 2 heterocycles. The van der Waals surface area contributed by atoms with Crippen LogP contribution in [-0.2, 0) is 11.4 Å². The molecule has 1 amide bonds. The summed E-state index contributed by atoms with van der Waals surface area (Å²) in [5, 5.41) is 15.6. The molecule has 35 heavy (non-hydrogen) atoms. The summed E-state index contributed by atoms with van der Waals surface area (Å²) in [7, 11) is 0. The molecule has 5 rings (SSSR count). The first kappa shape index (κ1) is 22.6. The molecule has 0 bridgehead atoms. The van der Waals surface area contributed by atoms with E-state index in [2.05, 4.69) is 10.1 Å². The van der Waals surface area contributed by atoms with Gasteiger partial charge in [0.05, 0.1) is 12.2 Å². The van der Waals surface area contributed by atoms with Gasteiger partial charge in [-0.2, -0.15) is 15.1 Å². The number of fused-ring (bicyclic) bond motifs is 1. The predicted molar refractivity (Wildman–Crippen MR) is 139 cm³/mol. The lowest BCUT2D eigenvalue weighted by atomic mass is 10.1. The van der Waals surface area contributed by atoms with Gasteiger partial charge in [0.2, 0.25) is 5.17 Å². The van der Waals surface area contributed by atoms with Crippen molar-refractivity contribution in [2.24, 2.45) is 10.1 Å². The van der Waals surface area contributed by atoms with E-state index in [9.17, 15) is 4.79 Å². The molecule has 0 fully saturated rings. The standard InChI is InChI=1S/C27H22N4O3S/c1-2-33-23-16-19(13-14-22(23)34-17-18-9-5-3-6-10-18)15-21-24(28)31-27(29-25(21)32)35-26(30-31)20-11-7-4-8-12-20/h3-16,28H,2,17H2,1H3/b21-15-,28-24?. The first-order chi connectivity index (χ1) is 17.1. The molecule has 1 N–H and O–H groups in total. The van der Waals surface area contributed by atoms with Crippen molar-refractivity contribution in [2.75, 3.05) is 6.61 Å². The second-order valence-corrected chi connectivity index (χ2v) is 8.66. The minimum atomic E-state index is -0.472. The van der Waals surface area contributed by atoms with Crippen molar-refractivity contribution in [2.45, 2.75) is 13.5 Å². The SMILES string of the molecule is CCOc1cc(/C=C2/C(=N)N3N=C(c4ccccc4)SC3=NC2=O)ccc1OCc1ccccc1. The van der Waals surface area contributed by atoms with Crippen LogP contribution in [-0.4, -0.2) is 33.6 Å². The van der Waals surface area contributed by atoms with Crippen LogP contribution in [0.3, 0.4) is 0 Å². The predicted octanol–water partition coefficient (Wildman–Crippen LogP) is 5.33. The van der Waals surface area contributed by atoms with Crippen molar-refractivity contribution in [1.82, 2.24) is 5.01 Å². The molecule has 0 aliphatic carbocycles. The lowest BCUT2D eigenvalue weighted by Gasteiger charge is -2.20. The highest BCUT2D eigenvalue weighted by molar-refractivity contribution is 8.27. The number of aliphatic imine (C=N–C) groups is 1. The Bertz CT molecular complexity index is 1370. The third kappa shape index (κ3) is 4.88. The van der Waals surface area contributed by atoms with Gasteiger partial charge in [0.1, 0.15) is 11.7 Å². The van der Waals surface area contributed by atoms with E-state index >= 15 is 0 Å². The Morgan fingerprint density at radius 3 is 2.46 bits per heavy atom. The van der Waals surface area contributed by atoms with Crippen LogP contribution in [0.1, 0.15) is 23.6 Å². The van der Waals surface area contributed by atoms with E-state index < -0.39 is 5.91 Å². The monoisotopic (exact) mass is 482 g/mol. The summed E-state index contributed by atoms with van der Waals surface area (Å²) in [6.07, 6.45) is 1.63. The van der Waals surface area contributed by atoms with Crippen molar-refractivity contribution >= 4 is 39.8 Å². The molecule has 2 aliphatic rings. The molecule has 0 spiro atoms. The lowest BCUT2D eigenvalue weighted by Crippen LogP contribution is -2.35. The summed E-state index contributed by atoms with van der Waals surface area (Å²) in [4.78, 5) is 17.0. The van der Waals surface area contributed by atoms with Crippen molar-refractivity contribution in [1.29, 1.82) is 5.41 Å². The highest BCUT2D eigenvalue weighted by Crippen LogP contribution is 2.33. The smallest absolute Gasteiger partial charge is 0.283 e. The Morgan fingerprint density at radius 1 is 0.971 bits per heavy atom. The van der Waals surface area contributed by atoms with Crippen LogP contribution >= 0.6 is 11.8 Å². The number of hydrogen-bond donors (Lipinski definition) is 1. The first-order valence-electron chi connectivity index (χ1n) is 11.1. The van der Waals surface area contributed by atoms with Gasteiger partial charge in [0.15, 0.2) is 17.3 Å². The van der Waals surface area contributed by atoms with E-state index in [1.54, 1.807) is 12.1 Å². The molecule has 0 saturated heterocycles. The van der Waals surface area contributed by atoms with Gasteiger partial charge in [-0.15, -0.1) is 0 Å². The maximum Gasteiger partial charge on any atom is 0.283 e. The zero-order valence-electron chi connectivity index (χ0n) is 19.0. The average Bonchev–Trinajstić information content (AvgIpc) is 3.32. The number of amides is 1. The normalized spacial score (nSPS) is 16.1. The highest BCUT2D eigenvalue weighted by Gasteiger charge is 2.36. The number of ether oxygens (including phenoxy) is 2. The van der Waals surface area contributed by atoms with Crippen LogP contribution in [0.15, 0.2) is 94.5 Å². The topological polar surface area (TPSA) is 87.3 Å². The molecule has 0 unspecified atom stereocenters. The van der Waals surface area contributed by atoms with Crippen molar-refractivity contribution in [3.05, 3.63) is 101 Å². The van der Waals surface area contributed by atoms with Gasteiger partial charge >= 0.3 is 0 Å². The molecule has 3 aromatic rings. The molecule has 3 aromatic carbocycles. The van der Waals surface area contributed by atoms with Crippen LogP contribution in [0.25, 0.3) is 6.08 Å². The Balaban J connectivity index is 1.39. The number of hydrazone groups is 1. The van der Waals surface area contributed by atoms with E-state index in [-0.39, 0.29) is 11.4 Å². The zero-order valence-corrected chi connectivity index (χ0v) is 19.8. The van der Waals surface area contributed by atoms with Gasteiger partial charge in [0.25, 0.3) is 5.91 Å². The van der Waals surface area contributed by atoms with Crippen LogP contribution in [0.2, 0.25) is 0 Å². The van der Waals surface area contributed by atoms with Crippen molar-refractivity contribution in [3.8, 4) is 11.5 Å². The first-order valence-corrected chi connectivity index (χ1v) is 11.9. The number of amidine groups is 2. The molecular weight excluding hydrogens is 460 g/mol. The average molecular weight is 483 g/mol. The number of hydrogen-bond acceptors (Lipinski definition) is 6. The molecular formula is C27H22N4O3S. The van der Waals surface area contributed by atoms with Gasteiger partial charge in [0, 0.05) is 5.56 Å². The van der Waals surface area contributed by atoms with Crippen molar-refractivity contribution in [3.63, 3.8) is 0 Å². The Hall–Kier alpha value is -4.17. The summed E-state index contributed by atoms with van der Waals surface area (Å²) in [5.41, 5.74) is 2.82. The number of thioether (sulfide) groups is 1. The maximum atomic E-state index is 12.8. The molecule has 0 saturated carbocycles. The number of nitrogens with zero attached hydrogens (tertiary/aromatic N) is 3. The lowest BCUT2D eigenvalue weighted by molar-refractivity contribution is -0.114. The minimum Gasteiger partial charge on any atom is -0.490 e. The van der Waals surface area contributed by atoms with Crippen molar-refractivity contribution < 1.29 is 14.3 Å². The van der Waals surface area contributed by atoms with Gasteiger partial charge in [-0.05, 0) is 48.0 Å². The number of carbonyl (C=O) groups excluding carboxylic acids is 1. The summed E-state index contributed by atoms with van der Waals surface area (Å²) < 4.78 is 11.8. The molecule has 0 aromatic heterocycles. The number of rotatable bonds is 7. The highest BCUT2D eigenvalue weighted by atomic mass is 32.2. The van der Waals surface area contributed by atoms with E-state index in [4.69, 9.17) is 14.9 Å². The van der Waals surface area contributed by atoms with E-state index in [0.29, 0.717) is 40.5 Å². The Kier molecular flexibility index (Phi) is 6.45. The molecule has 8 heteroatoms. The number of carbonyl (C=O) groups is 1. The Morgan fingerprint density at radius 2 is 1.71 bits per heavy atom. The quantitative estimate of drug-likeness (QED) is 0.460. The molecule has 2 aliphatic heterocycles. The summed E-state index contributed by atoms with van der Waals surface area (Å²) in [6.45, 7) is 2.78. The fourth-order valence-corrected chi connectivity index (χ4v) is 4.49. The Labute approximate surface area is 207 Å². The second-order valence-electron chi connectivity index (χ2n) is 7.70. The van der Waals surface area contributed by atoms with Crippen LogP contribution < -0.4 is 9.47 Å². The van der Waals surface area contributed by atoms with Gasteiger partial charge < -0.3 is 9.47 Å². The van der Waals surface area contributed by atoms with Gasteiger partial charge in [-0.3, -0.25) is 10.2 Å². The van der Waals surface area contributed by atoms with Gasteiger partial charge in [-0.1, -0.05) is 66.7 Å². The van der Waals surface area contributed by atoms with E-state index in [0.717, 1.165) is 11.1 Å². The minimum absolute atomic E-state index is 0.0132. The fourth-order valence-electron chi connectivity index (χ4n) is 3.59. The molecule has 0 atom stereocenters. The van der Waals surface area contributed by atoms with Crippen LogP contribution in [0, 0.1) is 5.41 Å². The third-order valence-corrected chi connectivity index (χ3v) is 6.25. The second kappa shape index (κ2) is 9.99. The summed E-state index contributed by atoms with van der Waals surface area (Å²) in [5.74, 6) is 0.690.